The van der Waals surface area contributed by atoms with Crippen molar-refractivity contribution in [3.8, 4) is 0 Å². The van der Waals surface area contributed by atoms with Crippen LogP contribution in [0.3, 0.4) is 0 Å². The topological polar surface area (TPSA) is 84.0 Å². The average Bonchev–Trinajstić information content (AvgIpc) is 2.94. The van der Waals surface area contributed by atoms with E-state index in [0.29, 0.717) is 5.13 Å². The highest BCUT2D eigenvalue weighted by Gasteiger charge is 2.18. The summed E-state index contributed by atoms with van der Waals surface area (Å²) >= 11 is 2.92. The van der Waals surface area contributed by atoms with Crippen LogP contribution in [0.1, 0.15) is 31.9 Å². The molecule has 23 heavy (non-hydrogen) atoms. The second-order valence-corrected chi connectivity index (χ2v) is 7.21. The number of carbonyl (C=O) groups is 2. The summed E-state index contributed by atoms with van der Waals surface area (Å²) in [6, 6.07) is 9.04. The number of carbonyl (C=O) groups excluding carboxylic acids is 2. The molecule has 0 saturated heterocycles. The van der Waals surface area contributed by atoms with E-state index in [9.17, 15) is 9.59 Å². The Morgan fingerprint density at radius 2 is 2.00 bits per heavy atom. The summed E-state index contributed by atoms with van der Waals surface area (Å²) in [5.41, 5.74) is 0.886. The standard InChI is InChI=1S/C15H18N4O2S2/c1-3-22-15-19-18-14(23-15)17-13(21)9-12(16-10(2)20)11-7-5-4-6-8-11/h4-8,12H,3,9H2,1-2H3,(H,16,20)(H,17,18,21)/t12-/m1/s1. The average molecular weight is 350 g/mol. The zero-order chi connectivity index (χ0) is 16.7. The summed E-state index contributed by atoms with van der Waals surface area (Å²) in [6.45, 7) is 3.47. The first-order valence-electron chi connectivity index (χ1n) is 7.16. The van der Waals surface area contributed by atoms with Gasteiger partial charge in [0.25, 0.3) is 0 Å². The van der Waals surface area contributed by atoms with Crippen LogP contribution in [0.4, 0.5) is 5.13 Å². The molecule has 1 aromatic heterocycles. The number of anilines is 1. The van der Waals surface area contributed by atoms with Crippen molar-refractivity contribution in [3.63, 3.8) is 0 Å². The molecule has 2 N–H and O–H groups in total. The largest absolute Gasteiger partial charge is 0.349 e. The quantitative estimate of drug-likeness (QED) is 0.592. The zero-order valence-electron chi connectivity index (χ0n) is 12.9. The van der Waals surface area contributed by atoms with E-state index in [-0.39, 0.29) is 24.3 Å². The van der Waals surface area contributed by atoms with Crippen molar-refractivity contribution >= 4 is 40.0 Å². The Morgan fingerprint density at radius 1 is 1.26 bits per heavy atom. The molecule has 0 spiro atoms. The van der Waals surface area contributed by atoms with E-state index in [1.54, 1.807) is 11.8 Å². The minimum atomic E-state index is -0.369. The van der Waals surface area contributed by atoms with Gasteiger partial charge in [-0.05, 0) is 11.3 Å². The van der Waals surface area contributed by atoms with Gasteiger partial charge in [-0.1, -0.05) is 60.4 Å². The van der Waals surface area contributed by atoms with Gasteiger partial charge in [0.15, 0.2) is 4.34 Å². The molecule has 1 atom stereocenters. The fourth-order valence-corrected chi connectivity index (χ4v) is 3.65. The van der Waals surface area contributed by atoms with Crippen molar-refractivity contribution in [3.05, 3.63) is 35.9 Å². The third-order valence-electron chi connectivity index (χ3n) is 2.89. The Morgan fingerprint density at radius 3 is 2.65 bits per heavy atom. The molecule has 122 valence electrons. The van der Waals surface area contributed by atoms with Crippen molar-refractivity contribution in [1.29, 1.82) is 0 Å². The molecule has 1 aromatic carbocycles. The van der Waals surface area contributed by atoms with Crippen LogP contribution in [0.5, 0.6) is 0 Å². The molecule has 0 unspecified atom stereocenters. The van der Waals surface area contributed by atoms with Gasteiger partial charge in [-0.3, -0.25) is 9.59 Å². The van der Waals surface area contributed by atoms with Crippen LogP contribution in [-0.2, 0) is 9.59 Å². The van der Waals surface area contributed by atoms with Gasteiger partial charge < -0.3 is 10.6 Å². The number of amides is 2. The Hall–Kier alpha value is -1.93. The molecule has 0 aliphatic heterocycles. The number of hydrogen-bond donors (Lipinski definition) is 2. The van der Waals surface area contributed by atoms with Gasteiger partial charge in [0.05, 0.1) is 12.5 Å². The molecular weight excluding hydrogens is 332 g/mol. The van der Waals surface area contributed by atoms with Crippen LogP contribution < -0.4 is 10.6 Å². The first kappa shape index (κ1) is 17.4. The van der Waals surface area contributed by atoms with Crippen LogP contribution in [0.25, 0.3) is 0 Å². The fourth-order valence-electron chi connectivity index (χ4n) is 1.98. The second-order valence-electron chi connectivity index (χ2n) is 4.72. The minimum absolute atomic E-state index is 0.138. The monoisotopic (exact) mass is 350 g/mol. The molecule has 2 aromatic rings. The number of aromatic nitrogens is 2. The molecule has 0 aliphatic rings. The molecule has 0 saturated carbocycles. The van der Waals surface area contributed by atoms with E-state index in [0.717, 1.165) is 15.7 Å². The van der Waals surface area contributed by atoms with Crippen LogP contribution in [0.15, 0.2) is 34.7 Å². The second kappa shape index (κ2) is 8.64. The van der Waals surface area contributed by atoms with Crippen molar-refractivity contribution in [1.82, 2.24) is 15.5 Å². The molecule has 2 rings (SSSR count). The Bertz CT molecular complexity index is 661. The van der Waals surface area contributed by atoms with Crippen LogP contribution >= 0.6 is 23.1 Å². The van der Waals surface area contributed by atoms with Crippen molar-refractivity contribution < 1.29 is 9.59 Å². The highest BCUT2D eigenvalue weighted by Crippen LogP contribution is 2.25. The number of benzene rings is 1. The first-order chi connectivity index (χ1) is 11.1. The van der Waals surface area contributed by atoms with Gasteiger partial charge in [0, 0.05) is 6.92 Å². The van der Waals surface area contributed by atoms with E-state index >= 15 is 0 Å². The number of nitrogens with one attached hydrogen (secondary N) is 2. The third kappa shape index (κ3) is 5.65. The number of hydrogen-bond acceptors (Lipinski definition) is 6. The normalized spacial score (nSPS) is 11.7. The molecule has 6 nitrogen and oxygen atoms in total. The van der Waals surface area contributed by atoms with Gasteiger partial charge in [-0.2, -0.15) is 0 Å². The lowest BCUT2D eigenvalue weighted by atomic mass is 10.0. The molecule has 0 radical (unpaired) electrons. The summed E-state index contributed by atoms with van der Waals surface area (Å²) in [4.78, 5) is 23.6. The van der Waals surface area contributed by atoms with Gasteiger partial charge >= 0.3 is 0 Å². The number of rotatable bonds is 7. The van der Waals surface area contributed by atoms with Crippen molar-refractivity contribution in [2.75, 3.05) is 11.1 Å². The van der Waals surface area contributed by atoms with Gasteiger partial charge in [0.1, 0.15) is 0 Å². The van der Waals surface area contributed by atoms with E-state index in [1.807, 2.05) is 37.3 Å². The van der Waals surface area contributed by atoms with E-state index in [2.05, 4.69) is 20.8 Å². The zero-order valence-corrected chi connectivity index (χ0v) is 14.5. The lowest BCUT2D eigenvalue weighted by Crippen LogP contribution is -2.29. The minimum Gasteiger partial charge on any atom is -0.349 e. The lowest BCUT2D eigenvalue weighted by Gasteiger charge is -2.17. The Labute approximate surface area is 143 Å². The smallest absolute Gasteiger partial charge is 0.228 e. The predicted octanol–water partition coefficient (Wildman–Crippen LogP) is 2.86. The summed E-state index contributed by atoms with van der Waals surface area (Å²) in [5.74, 6) is 0.516. The third-order valence-corrected chi connectivity index (χ3v) is 4.74. The van der Waals surface area contributed by atoms with Crippen LogP contribution in [0, 0.1) is 0 Å². The fraction of sp³-hybridized carbons (Fsp3) is 0.333. The van der Waals surface area contributed by atoms with Crippen molar-refractivity contribution in [2.45, 2.75) is 30.6 Å². The maximum Gasteiger partial charge on any atom is 0.228 e. The molecule has 2 amide bonds. The Kier molecular flexibility index (Phi) is 6.54. The highest BCUT2D eigenvalue weighted by molar-refractivity contribution is 8.01. The van der Waals surface area contributed by atoms with E-state index in [4.69, 9.17) is 0 Å². The first-order valence-corrected chi connectivity index (χ1v) is 8.97. The molecule has 0 fully saturated rings. The molecule has 0 bridgehead atoms. The van der Waals surface area contributed by atoms with Gasteiger partial charge in [-0.25, -0.2) is 0 Å². The maximum absolute atomic E-state index is 12.2. The summed E-state index contributed by atoms with van der Waals surface area (Å²) in [6.07, 6.45) is 0.138. The summed E-state index contributed by atoms with van der Waals surface area (Å²) in [5, 5.41) is 13.9. The van der Waals surface area contributed by atoms with E-state index < -0.39 is 0 Å². The summed E-state index contributed by atoms with van der Waals surface area (Å²) in [7, 11) is 0. The van der Waals surface area contributed by atoms with E-state index in [1.165, 1.54) is 18.3 Å². The maximum atomic E-state index is 12.2. The van der Waals surface area contributed by atoms with Gasteiger partial charge in [0.2, 0.25) is 16.9 Å². The molecule has 8 heteroatoms. The van der Waals surface area contributed by atoms with Crippen molar-refractivity contribution in [2.24, 2.45) is 0 Å². The van der Waals surface area contributed by atoms with Gasteiger partial charge in [-0.15, -0.1) is 10.2 Å². The SMILES string of the molecule is CCSc1nnc(NC(=O)C[C@@H](NC(C)=O)c2ccccc2)s1. The highest BCUT2D eigenvalue weighted by atomic mass is 32.2. The van der Waals surface area contributed by atoms with Crippen LogP contribution in [0.2, 0.25) is 0 Å². The molecule has 1 heterocycles. The number of nitrogens with zero attached hydrogens (tertiary/aromatic N) is 2. The predicted molar refractivity (Wildman–Crippen MR) is 92.6 cm³/mol. The molecular formula is C15H18N4O2S2. The number of thioether (sulfide) groups is 1. The summed E-state index contributed by atoms with van der Waals surface area (Å²) < 4.78 is 0.823. The Balaban J connectivity index is 2.00. The van der Waals surface area contributed by atoms with Crippen LogP contribution in [-0.4, -0.2) is 27.8 Å². The molecule has 0 aliphatic carbocycles. The lowest BCUT2D eigenvalue weighted by molar-refractivity contribution is -0.120.